The zero-order valence-corrected chi connectivity index (χ0v) is 11.7. The fourth-order valence-corrected chi connectivity index (χ4v) is 1.78. The zero-order chi connectivity index (χ0) is 13.8. The molecule has 5 nitrogen and oxygen atoms in total. The summed E-state index contributed by atoms with van der Waals surface area (Å²) < 4.78 is 5.67. The Morgan fingerprint density at radius 1 is 1.16 bits per heavy atom. The van der Waals surface area contributed by atoms with Crippen LogP contribution in [0.15, 0.2) is 45.5 Å². The summed E-state index contributed by atoms with van der Waals surface area (Å²) in [5.74, 6) is 0.270. The molecule has 19 heavy (non-hydrogen) atoms. The standard InChI is InChI=1S/C13H11BrN2O3/c1-8(17)9-3-2-4-10(7-9)15-13(18)16-12-6-5-11(14)19-12/h2-7H,1H3,(H2,15,16,18). The molecule has 98 valence electrons. The Hall–Kier alpha value is -2.08. The minimum Gasteiger partial charge on any atom is -0.434 e. The van der Waals surface area contributed by atoms with Crippen molar-refractivity contribution < 1.29 is 14.0 Å². The van der Waals surface area contributed by atoms with Crippen molar-refractivity contribution in [2.24, 2.45) is 0 Å². The monoisotopic (exact) mass is 322 g/mol. The first-order chi connectivity index (χ1) is 9.04. The van der Waals surface area contributed by atoms with Gasteiger partial charge in [-0.15, -0.1) is 0 Å². The molecule has 2 aromatic rings. The average Bonchev–Trinajstić information content (AvgIpc) is 2.74. The topological polar surface area (TPSA) is 71.3 Å². The van der Waals surface area contributed by atoms with Gasteiger partial charge in [0, 0.05) is 17.3 Å². The van der Waals surface area contributed by atoms with E-state index in [2.05, 4.69) is 26.6 Å². The van der Waals surface area contributed by atoms with Crippen molar-refractivity contribution in [1.29, 1.82) is 0 Å². The number of benzene rings is 1. The number of anilines is 2. The van der Waals surface area contributed by atoms with Crippen LogP contribution in [0, 0.1) is 0 Å². The molecule has 2 N–H and O–H groups in total. The summed E-state index contributed by atoms with van der Waals surface area (Å²) in [6.45, 7) is 1.47. The highest BCUT2D eigenvalue weighted by Gasteiger charge is 2.07. The lowest BCUT2D eigenvalue weighted by atomic mass is 10.1. The lowest BCUT2D eigenvalue weighted by Crippen LogP contribution is -2.19. The molecule has 0 saturated carbocycles. The van der Waals surface area contributed by atoms with Gasteiger partial charge in [0.25, 0.3) is 0 Å². The Morgan fingerprint density at radius 3 is 2.58 bits per heavy atom. The summed E-state index contributed by atoms with van der Waals surface area (Å²) >= 11 is 3.14. The zero-order valence-electron chi connectivity index (χ0n) is 10.1. The maximum absolute atomic E-state index is 11.7. The number of ketones is 1. The number of rotatable bonds is 3. The molecule has 0 bridgehead atoms. The highest BCUT2D eigenvalue weighted by atomic mass is 79.9. The highest BCUT2D eigenvalue weighted by molar-refractivity contribution is 9.10. The minimum absolute atomic E-state index is 0.0565. The van der Waals surface area contributed by atoms with Crippen LogP contribution in [-0.2, 0) is 0 Å². The fraction of sp³-hybridized carbons (Fsp3) is 0.0769. The van der Waals surface area contributed by atoms with Crippen molar-refractivity contribution in [1.82, 2.24) is 0 Å². The molecular formula is C13H11BrN2O3. The van der Waals surface area contributed by atoms with Gasteiger partial charge >= 0.3 is 6.03 Å². The number of carbonyl (C=O) groups excluding carboxylic acids is 2. The Bertz CT molecular complexity index is 622. The van der Waals surface area contributed by atoms with Crippen molar-refractivity contribution in [2.75, 3.05) is 10.6 Å². The molecule has 1 aromatic carbocycles. The maximum atomic E-state index is 11.7. The van der Waals surface area contributed by atoms with Crippen molar-refractivity contribution in [3.63, 3.8) is 0 Å². The number of Topliss-reactive ketones (excluding diaryl/α,β-unsaturated/α-hetero) is 1. The summed E-state index contributed by atoms with van der Waals surface area (Å²) in [5, 5.41) is 5.15. The summed E-state index contributed by atoms with van der Waals surface area (Å²) in [7, 11) is 0. The number of furan rings is 1. The van der Waals surface area contributed by atoms with Crippen LogP contribution in [0.5, 0.6) is 0 Å². The molecule has 2 amide bonds. The van der Waals surface area contributed by atoms with Gasteiger partial charge in [0.2, 0.25) is 5.88 Å². The normalized spacial score (nSPS) is 10.0. The van der Waals surface area contributed by atoms with Crippen LogP contribution in [0.3, 0.4) is 0 Å². The van der Waals surface area contributed by atoms with Gasteiger partial charge < -0.3 is 9.73 Å². The molecule has 0 unspecified atom stereocenters. The molecule has 2 rings (SSSR count). The summed E-state index contributed by atoms with van der Waals surface area (Å²) in [6, 6.07) is 9.55. The highest BCUT2D eigenvalue weighted by Crippen LogP contribution is 2.18. The van der Waals surface area contributed by atoms with E-state index in [4.69, 9.17) is 4.42 Å². The Labute approximate surface area is 118 Å². The quantitative estimate of drug-likeness (QED) is 0.842. The maximum Gasteiger partial charge on any atom is 0.326 e. The molecule has 0 spiro atoms. The van der Waals surface area contributed by atoms with E-state index in [1.807, 2.05) is 0 Å². The largest absolute Gasteiger partial charge is 0.434 e. The van der Waals surface area contributed by atoms with Crippen LogP contribution in [0.1, 0.15) is 17.3 Å². The molecule has 0 atom stereocenters. The van der Waals surface area contributed by atoms with Crippen LogP contribution < -0.4 is 10.6 Å². The molecule has 0 fully saturated rings. The van der Waals surface area contributed by atoms with Crippen LogP contribution in [-0.4, -0.2) is 11.8 Å². The van der Waals surface area contributed by atoms with E-state index in [9.17, 15) is 9.59 Å². The molecule has 6 heteroatoms. The molecule has 1 heterocycles. The van der Waals surface area contributed by atoms with Gasteiger partial charge in [0.1, 0.15) is 0 Å². The Balaban J connectivity index is 2.02. The Kier molecular flexibility index (Phi) is 4.01. The van der Waals surface area contributed by atoms with E-state index < -0.39 is 6.03 Å². The van der Waals surface area contributed by atoms with Gasteiger partial charge in [-0.3, -0.25) is 10.1 Å². The number of hydrogen-bond acceptors (Lipinski definition) is 3. The van der Waals surface area contributed by atoms with Crippen molar-refractivity contribution in [3.05, 3.63) is 46.6 Å². The Morgan fingerprint density at radius 2 is 1.95 bits per heavy atom. The van der Waals surface area contributed by atoms with Gasteiger partial charge in [-0.1, -0.05) is 12.1 Å². The first-order valence-corrected chi connectivity index (χ1v) is 6.28. The number of urea groups is 1. The van der Waals surface area contributed by atoms with Gasteiger partial charge in [0.05, 0.1) is 0 Å². The molecule has 0 radical (unpaired) electrons. The number of halogens is 1. The van der Waals surface area contributed by atoms with Gasteiger partial charge in [0.15, 0.2) is 10.5 Å². The van der Waals surface area contributed by atoms with E-state index in [0.717, 1.165) is 0 Å². The second-order valence-electron chi connectivity index (χ2n) is 3.82. The van der Waals surface area contributed by atoms with E-state index in [0.29, 0.717) is 21.8 Å². The minimum atomic E-state index is -0.442. The SMILES string of the molecule is CC(=O)c1cccc(NC(=O)Nc2ccc(Br)o2)c1. The molecule has 0 aliphatic heterocycles. The number of carbonyl (C=O) groups is 2. The predicted octanol–water partition coefficient (Wildman–Crippen LogP) is 3.89. The number of amides is 2. The summed E-state index contributed by atoms with van der Waals surface area (Å²) in [5.41, 5.74) is 1.08. The molecule has 0 saturated heterocycles. The fourth-order valence-electron chi connectivity index (χ4n) is 1.47. The molecule has 0 aliphatic carbocycles. The first kappa shape index (κ1) is 13.4. The molecule has 0 aliphatic rings. The van der Waals surface area contributed by atoms with Gasteiger partial charge in [-0.05, 0) is 41.1 Å². The molecular weight excluding hydrogens is 312 g/mol. The summed E-state index contributed by atoms with van der Waals surface area (Å²) in [4.78, 5) is 22.9. The van der Waals surface area contributed by atoms with E-state index in [-0.39, 0.29) is 5.78 Å². The number of nitrogens with one attached hydrogen (secondary N) is 2. The first-order valence-electron chi connectivity index (χ1n) is 5.49. The van der Waals surface area contributed by atoms with Crippen molar-refractivity contribution in [2.45, 2.75) is 6.92 Å². The second kappa shape index (κ2) is 5.71. The summed E-state index contributed by atoms with van der Waals surface area (Å²) in [6.07, 6.45) is 0. The van der Waals surface area contributed by atoms with Crippen molar-refractivity contribution in [3.8, 4) is 0 Å². The third-order valence-corrected chi connectivity index (χ3v) is 2.76. The van der Waals surface area contributed by atoms with Crippen LogP contribution in [0.4, 0.5) is 16.4 Å². The lowest BCUT2D eigenvalue weighted by molar-refractivity contribution is 0.101. The molecule has 1 aromatic heterocycles. The number of hydrogen-bond donors (Lipinski definition) is 2. The van der Waals surface area contributed by atoms with Gasteiger partial charge in [-0.25, -0.2) is 4.79 Å². The van der Waals surface area contributed by atoms with E-state index >= 15 is 0 Å². The van der Waals surface area contributed by atoms with Crippen LogP contribution in [0.25, 0.3) is 0 Å². The second-order valence-corrected chi connectivity index (χ2v) is 4.60. The average molecular weight is 323 g/mol. The van der Waals surface area contributed by atoms with E-state index in [1.165, 1.54) is 6.92 Å². The lowest BCUT2D eigenvalue weighted by Gasteiger charge is -2.06. The smallest absolute Gasteiger partial charge is 0.326 e. The van der Waals surface area contributed by atoms with Gasteiger partial charge in [-0.2, -0.15) is 0 Å². The van der Waals surface area contributed by atoms with E-state index in [1.54, 1.807) is 36.4 Å². The third kappa shape index (κ3) is 3.69. The predicted molar refractivity (Wildman–Crippen MR) is 75.5 cm³/mol. The van der Waals surface area contributed by atoms with Crippen LogP contribution in [0.2, 0.25) is 0 Å². The van der Waals surface area contributed by atoms with Crippen molar-refractivity contribution >= 4 is 39.3 Å². The van der Waals surface area contributed by atoms with Crippen LogP contribution >= 0.6 is 15.9 Å². The third-order valence-electron chi connectivity index (χ3n) is 2.34.